The smallest absolute Gasteiger partial charge is 0.0754 e. The van der Waals surface area contributed by atoms with Crippen LogP contribution in [0.5, 0.6) is 0 Å². The number of unbranched alkanes of at least 4 members (excludes halogenated alkanes) is 1. The third kappa shape index (κ3) is 1.60. The topological polar surface area (TPSA) is 23.8 Å². The molecular weight excluding hydrogens is 122 g/mol. The first-order chi connectivity index (χ1) is 4.83. The highest BCUT2D eigenvalue weighted by Crippen LogP contribution is 2.46. The Bertz CT molecular complexity index is 170. The number of hydrogen-bond donors (Lipinski definition) is 0. The second-order valence-electron chi connectivity index (χ2n) is 2.96. The fourth-order valence-corrected chi connectivity index (χ4v) is 0.926. The molecule has 0 aliphatic heterocycles. The van der Waals surface area contributed by atoms with Gasteiger partial charge in [-0.3, -0.25) is 0 Å². The van der Waals surface area contributed by atoms with Crippen LogP contribution in [0.3, 0.4) is 0 Å². The lowest BCUT2D eigenvalue weighted by Gasteiger charge is -1.92. The van der Waals surface area contributed by atoms with Crippen LogP contribution in [0.2, 0.25) is 0 Å². The van der Waals surface area contributed by atoms with Gasteiger partial charge in [0.1, 0.15) is 0 Å². The summed E-state index contributed by atoms with van der Waals surface area (Å²) in [6, 6.07) is 2.32. The van der Waals surface area contributed by atoms with E-state index >= 15 is 0 Å². The van der Waals surface area contributed by atoms with Gasteiger partial charge >= 0.3 is 0 Å². The fourth-order valence-electron chi connectivity index (χ4n) is 0.926. The quantitative estimate of drug-likeness (QED) is 0.546. The molecule has 0 saturated heterocycles. The largest absolute Gasteiger partial charge is 0.197 e. The van der Waals surface area contributed by atoms with Gasteiger partial charge in [0, 0.05) is 0 Å². The van der Waals surface area contributed by atoms with E-state index in [1.165, 1.54) is 6.42 Å². The summed E-state index contributed by atoms with van der Waals surface area (Å²) < 4.78 is 0. The Morgan fingerprint density at radius 3 is 2.70 bits per heavy atom. The van der Waals surface area contributed by atoms with Crippen molar-refractivity contribution in [2.45, 2.75) is 32.6 Å². The van der Waals surface area contributed by atoms with Gasteiger partial charge in [-0.15, -0.1) is 0 Å². The molecule has 1 aliphatic rings. The van der Waals surface area contributed by atoms with Crippen LogP contribution >= 0.6 is 0 Å². The highest BCUT2D eigenvalue weighted by molar-refractivity contribution is 5.21. The minimum Gasteiger partial charge on any atom is -0.197 e. The summed E-state index contributed by atoms with van der Waals surface area (Å²) in [6.45, 7) is 2.15. The summed E-state index contributed by atoms with van der Waals surface area (Å²) in [6.07, 6.45) is 8.65. The molecule has 1 saturated carbocycles. The second kappa shape index (κ2) is 2.88. The maximum absolute atomic E-state index is 8.65. The Morgan fingerprint density at radius 2 is 2.30 bits per heavy atom. The molecule has 0 amide bonds. The summed E-state index contributed by atoms with van der Waals surface area (Å²) in [5, 5.41) is 8.65. The Labute approximate surface area is 62.4 Å². The number of rotatable bonds is 3. The average molecular weight is 135 g/mol. The molecule has 0 unspecified atom stereocenters. The third-order valence-electron chi connectivity index (χ3n) is 1.90. The van der Waals surface area contributed by atoms with Crippen LogP contribution in [-0.2, 0) is 0 Å². The van der Waals surface area contributed by atoms with E-state index in [0.717, 1.165) is 19.3 Å². The lowest BCUT2D eigenvalue weighted by Crippen LogP contribution is -1.87. The molecule has 0 radical (unpaired) electrons. The molecule has 1 heteroatoms. The maximum atomic E-state index is 8.65. The summed E-state index contributed by atoms with van der Waals surface area (Å²) >= 11 is 0. The van der Waals surface area contributed by atoms with Gasteiger partial charge in [-0.05, 0) is 19.3 Å². The molecule has 0 spiro atoms. The first kappa shape index (κ1) is 7.34. The molecular formula is C9H13N. The van der Waals surface area contributed by atoms with Gasteiger partial charge in [0.2, 0.25) is 0 Å². The molecule has 0 bridgehead atoms. The molecule has 1 nitrogen and oxygen atoms in total. The molecule has 0 atom stereocenters. The predicted octanol–water partition coefficient (Wildman–Crippen LogP) is 2.65. The number of nitrogens with zero attached hydrogens (tertiary/aromatic N) is 1. The zero-order chi connectivity index (χ0) is 7.45. The van der Waals surface area contributed by atoms with Crippen LogP contribution in [0.25, 0.3) is 0 Å². The third-order valence-corrected chi connectivity index (χ3v) is 1.90. The van der Waals surface area contributed by atoms with Gasteiger partial charge in [-0.1, -0.05) is 25.5 Å². The lowest BCUT2D eigenvalue weighted by atomic mass is 10.1. The van der Waals surface area contributed by atoms with E-state index in [1.54, 1.807) is 0 Å². The van der Waals surface area contributed by atoms with Crippen molar-refractivity contribution in [2.24, 2.45) is 5.41 Å². The SMILES string of the molecule is CCC/C=C/C1(C#N)CC1. The van der Waals surface area contributed by atoms with E-state index in [1.807, 2.05) is 0 Å². The molecule has 0 aromatic heterocycles. The first-order valence-electron chi connectivity index (χ1n) is 3.92. The van der Waals surface area contributed by atoms with Crippen LogP contribution < -0.4 is 0 Å². The number of allylic oxidation sites excluding steroid dienone is 2. The zero-order valence-electron chi connectivity index (χ0n) is 6.43. The summed E-state index contributed by atoms with van der Waals surface area (Å²) in [5.41, 5.74) is -0.0326. The van der Waals surface area contributed by atoms with Crippen LogP contribution in [0.1, 0.15) is 32.6 Å². The van der Waals surface area contributed by atoms with Crippen molar-refractivity contribution < 1.29 is 0 Å². The monoisotopic (exact) mass is 135 g/mol. The van der Waals surface area contributed by atoms with Gasteiger partial charge in [-0.25, -0.2) is 0 Å². The van der Waals surface area contributed by atoms with Crippen molar-refractivity contribution in [3.05, 3.63) is 12.2 Å². The lowest BCUT2D eigenvalue weighted by molar-refractivity contribution is 0.856. The van der Waals surface area contributed by atoms with Crippen LogP contribution in [0.15, 0.2) is 12.2 Å². The number of nitriles is 1. The summed E-state index contributed by atoms with van der Waals surface area (Å²) in [5.74, 6) is 0. The van der Waals surface area contributed by atoms with E-state index in [2.05, 4.69) is 25.1 Å². The Morgan fingerprint density at radius 1 is 1.60 bits per heavy atom. The molecule has 54 valence electrons. The highest BCUT2D eigenvalue weighted by Gasteiger charge is 2.39. The Balaban J connectivity index is 2.31. The van der Waals surface area contributed by atoms with Crippen molar-refractivity contribution in [3.8, 4) is 6.07 Å². The van der Waals surface area contributed by atoms with Gasteiger partial charge in [0.05, 0.1) is 11.5 Å². The van der Waals surface area contributed by atoms with Crippen molar-refractivity contribution >= 4 is 0 Å². The molecule has 1 fully saturated rings. The average Bonchev–Trinajstić information content (AvgIpc) is 2.70. The summed E-state index contributed by atoms with van der Waals surface area (Å²) in [4.78, 5) is 0. The van der Waals surface area contributed by atoms with Gasteiger partial charge in [-0.2, -0.15) is 5.26 Å². The Hall–Kier alpha value is -0.770. The molecule has 0 aromatic carbocycles. The standard InChI is InChI=1S/C9H13N/c1-2-3-4-5-9(8-10)6-7-9/h4-5H,2-3,6-7H2,1H3/b5-4+. The van der Waals surface area contributed by atoms with E-state index < -0.39 is 0 Å². The van der Waals surface area contributed by atoms with Gasteiger partial charge < -0.3 is 0 Å². The summed E-state index contributed by atoms with van der Waals surface area (Å²) in [7, 11) is 0. The van der Waals surface area contributed by atoms with Crippen molar-refractivity contribution in [1.29, 1.82) is 5.26 Å². The molecule has 10 heavy (non-hydrogen) atoms. The minimum absolute atomic E-state index is 0.0326. The first-order valence-corrected chi connectivity index (χ1v) is 3.92. The second-order valence-corrected chi connectivity index (χ2v) is 2.96. The van der Waals surface area contributed by atoms with Gasteiger partial charge in [0.15, 0.2) is 0 Å². The van der Waals surface area contributed by atoms with Crippen LogP contribution in [-0.4, -0.2) is 0 Å². The Kier molecular flexibility index (Phi) is 2.11. The molecule has 0 heterocycles. The fraction of sp³-hybridized carbons (Fsp3) is 0.667. The predicted molar refractivity (Wildman–Crippen MR) is 41.3 cm³/mol. The molecule has 0 aromatic rings. The maximum Gasteiger partial charge on any atom is 0.0754 e. The van der Waals surface area contributed by atoms with Crippen molar-refractivity contribution in [2.75, 3.05) is 0 Å². The van der Waals surface area contributed by atoms with Crippen LogP contribution in [0, 0.1) is 16.7 Å². The van der Waals surface area contributed by atoms with E-state index in [0.29, 0.717) is 0 Å². The minimum atomic E-state index is -0.0326. The molecule has 0 N–H and O–H groups in total. The van der Waals surface area contributed by atoms with Gasteiger partial charge in [0.25, 0.3) is 0 Å². The molecule has 1 aliphatic carbocycles. The van der Waals surface area contributed by atoms with Crippen molar-refractivity contribution in [1.82, 2.24) is 0 Å². The zero-order valence-corrected chi connectivity index (χ0v) is 6.43. The van der Waals surface area contributed by atoms with Crippen molar-refractivity contribution in [3.63, 3.8) is 0 Å². The highest BCUT2D eigenvalue weighted by atomic mass is 14.5. The van der Waals surface area contributed by atoms with Crippen LogP contribution in [0.4, 0.5) is 0 Å². The molecule has 1 rings (SSSR count). The van der Waals surface area contributed by atoms with E-state index in [9.17, 15) is 0 Å². The number of hydrogen-bond acceptors (Lipinski definition) is 1. The normalized spacial score (nSPS) is 20.8. The van der Waals surface area contributed by atoms with E-state index in [4.69, 9.17) is 5.26 Å². The van der Waals surface area contributed by atoms with E-state index in [-0.39, 0.29) is 5.41 Å².